The number of benzene rings is 2. The Bertz CT molecular complexity index is 1080. The number of rotatable bonds is 6. The van der Waals surface area contributed by atoms with Gasteiger partial charge in [0, 0.05) is 16.6 Å². The third kappa shape index (κ3) is 5.03. The Morgan fingerprint density at radius 3 is 2.79 bits per heavy atom. The van der Waals surface area contributed by atoms with Crippen molar-refractivity contribution in [3.05, 3.63) is 57.9 Å². The van der Waals surface area contributed by atoms with Crippen LogP contribution in [-0.4, -0.2) is 31.0 Å². The third-order valence-electron chi connectivity index (χ3n) is 3.83. The summed E-state index contributed by atoms with van der Waals surface area (Å²) >= 11 is 12.7. The summed E-state index contributed by atoms with van der Waals surface area (Å²) < 4.78 is 11.8. The summed E-state index contributed by atoms with van der Waals surface area (Å²) in [6, 6.07) is 12.6. The highest BCUT2D eigenvalue weighted by molar-refractivity contribution is 7.80. The second-order valence-electron chi connectivity index (χ2n) is 5.77. The molecule has 2 aromatic carbocycles. The van der Waals surface area contributed by atoms with Gasteiger partial charge in [0.1, 0.15) is 4.88 Å². The third-order valence-corrected chi connectivity index (χ3v) is 5.72. The minimum atomic E-state index is -0.534. The molecule has 1 aromatic heterocycles. The second-order valence-corrected chi connectivity index (χ2v) is 7.61. The van der Waals surface area contributed by atoms with Gasteiger partial charge in [0.15, 0.2) is 16.6 Å². The van der Waals surface area contributed by atoms with E-state index in [0.29, 0.717) is 33.1 Å². The van der Waals surface area contributed by atoms with Crippen molar-refractivity contribution in [1.82, 2.24) is 10.7 Å². The van der Waals surface area contributed by atoms with E-state index >= 15 is 0 Å². The molecule has 0 aliphatic heterocycles. The van der Waals surface area contributed by atoms with Crippen LogP contribution in [0.5, 0.6) is 11.5 Å². The molecular weight excluding hydrogens is 430 g/mol. The molecule has 0 bridgehead atoms. The first kappa shape index (κ1) is 21.0. The first-order chi connectivity index (χ1) is 14.0. The maximum atomic E-state index is 12.7. The summed E-state index contributed by atoms with van der Waals surface area (Å²) in [4.78, 5) is 13.0. The minimum Gasteiger partial charge on any atom is -0.493 e. The lowest BCUT2D eigenvalue weighted by molar-refractivity contribution is 0.0735. The molecule has 6 nitrogen and oxygen atoms in total. The highest BCUT2D eigenvalue weighted by Gasteiger charge is 2.20. The van der Waals surface area contributed by atoms with Gasteiger partial charge in [-0.3, -0.25) is 5.43 Å². The number of hydrogen-bond donors (Lipinski definition) is 2. The normalized spacial score (nSPS) is 10.9. The van der Waals surface area contributed by atoms with Gasteiger partial charge in [-0.15, -0.1) is 11.3 Å². The molecule has 0 spiro atoms. The number of ether oxygens (including phenoxy) is 2. The van der Waals surface area contributed by atoms with E-state index in [-0.39, 0.29) is 0 Å². The number of hydrazone groups is 1. The predicted molar refractivity (Wildman–Crippen MR) is 122 cm³/mol. The highest BCUT2D eigenvalue weighted by Crippen LogP contribution is 2.36. The number of nitrogens with zero attached hydrogens (tertiary/aromatic N) is 1. The lowest BCUT2D eigenvalue weighted by Crippen LogP contribution is -2.31. The Morgan fingerprint density at radius 2 is 2.07 bits per heavy atom. The number of nitrogens with one attached hydrogen (secondary N) is 2. The average molecular weight is 448 g/mol. The van der Waals surface area contributed by atoms with Crippen LogP contribution in [0.15, 0.2) is 47.6 Å². The van der Waals surface area contributed by atoms with Crippen LogP contribution in [0.3, 0.4) is 0 Å². The summed E-state index contributed by atoms with van der Waals surface area (Å²) in [5, 5.41) is 8.63. The Hall–Kier alpha value is -2.68. The molecule has 0 atom stereocenters. The summed E-state index contributed by atoms with van der Waals surface area (Å²) in [5.41, 5.74) is 3.45. The molecule has 150 valence electrons. The van der Waals surface area contributed by atoms with Crippen LogP contribution in [-0.2, 0) is 0 Å². The number of carbonyl (C=O) groups is 1. The molecule has 29 heavy (non-hydrogen) atoms. The molecule has 0 fully saturated rings. The second kappa shape index (κ2) is 9.69. The number of halogens is 1. The van der Waals surface area contributed by atoms with E-state index in [1.54, 1.807) is 24.4 Å². The van der Waals surface area contributed by atoms with Crippen molar-refractivity contribution in [2.45, 2.75) is 6.92 Å². The average Bonchev–Trinajstić information content (AvgIpc) is 3.06. The van der Waals surface area contributed by atoms with E-state index in [2.05, 4.69) is 15.8 Å². The standard InChI is InChI=1S/C20H18ClN3O3S2/c1-3-22-20(28)24-23-11-12-8-9-14(15(10-12)26-2)27-19(25)18-17(21)13-6-4-5-7-16(13)29-18/h4-11H,3H2,1-2H3,(H2,22,24,28). The number of methoxy groups -OCH3 is 1. The van der Waals surface area contributed by atoms with Gasteiger partial charge >= 0.3 is 5.97 Å². The summed E-state index contributed by atoms with van der Waals surface area (Å²) in [6.45, 7) is 2.65. The molecule has 0 saturated heterocycles. The van der Waals surface area contributed by atoms with Crippen LogP contribution >= 0.6 is 35.2 Å². The fourth-order valence-electron chi connectivity index (χ4n) is 2.51. The maximum Gasteiger partial charge on any atom is 0.355 e. The monoisotopic (exact) mass is 447 g/mol. The van der Waals surface area contributed by atoms with Crippen LogP contribution in [0.2, 0.25) is 5.02 Å². The number of carbonyl (C=O) groups excluding carboxylic acids is 1. The number of hydrogen-bond acceptors (Lipinski definition) is 6. The van der Waals surface area contributed by atoms with Crippen LogP contribution in [0.25, 0.3) is 10.1 Å². The van der Waals surface area contributed by atoms with Crippen molar-refractivity contribution >= 4 is 62.5 Å². The van der Waals surface area contributed by atoms with Gasteiger partial charge in [0.05, 0.1) is 18.3 Å². The molecule has 0 unspecified atom stereocenters. The van der Waals surface area contributed by atoms with E-state index < -0.39 is 5.97 Å². The van der Waals surface area contributed by atoms with Crippen molar-refractivity contribution in [2.75, 3.05) is 13.7 Å². The summed E-state index contributed by atoms with van der Waals surface area (Å²) in [7, 11) is 1.50. The van der Waals surface area contributed by atoms with E-state index in [4.69, 9.17) is 33.3 Å². The van der Waals surface area contributed by atoms with Crippen molar-refractivity contribution < 1.29 is 14.3 Å². The largest absolute Gasteiger partial charge is 0.493 e. The lowest BCUT2D eigenvalue weighted by Gasteiger charge is -2.09. The van der Waals surface area contributed by atoms with Gasteiger partial charge in [-0.1, -0.05) is 29.8 Å². The van der Waals surface area contributed by atoms with E-state index in [0.717, 1.165) is 15.6 Å². The molecule has 3 rings (SSSR count). The van der Waals surface area contributed by atoms with Crippen LogP contribution in [0.4, 0.5) is 0 Å². The fraction of sp³-hybridized carbons (Fsp3) is 0.150. The number of esters is 1. The fourth-order valence-corrected chi connectivity index (χ4v) is 4.09. The van der Waals surface area contributed by atoms with E-state index in [9.17, 15) is 4.79 Å². The summed E-state index contributed by atoms with van der Waals surface area (Å²) in [5.74, 6) is 0.154. The van der Waals surface area contributed by atoms with Gasteiger partial charge in [-0.25, -0.2) is 4.79 Å². The minimum absolute atomic E-state index is 0.291. The quantitative estimate of drug-likeness (QED) is 0.189. The van der Waals surface area contributed by atoms with Gasteiger partial charge in [0.2, 0.25) is 0 Å². The van der Waals surface area contributed by atoms with Crippen molar-refractivity contribution in [2.24, 2.45) is 5.10 Å². The molecule has 0 aliphatic rings. The Labute approximate surface area is 182 Å². The van der Waals surface area contributed by atoms with Gasteiger partial charge in [-0.2, -0.15) is 5.10 Å². The SMILES string of the molecule is CCNC(=S)NN=Cc1ccc(OC(=O)c2sc3ccccc3c2Cl)c(OC)c1. The molecular formula is C20H18ClN3O3S2. The number of fused-ring (bicyclic) bond motifs is 1. The zero-order valence-corrected chi connectivity index (χ0v) is 18.1. The lowest BCUT2D eigenvalue weighted by atomic mass is 10.2. The molecule has 0 saturated carbocycles. The van der Waals surface area contributed by atoms with E-state index in [1.165, 1.54) is 18.4 Å². The van der Waals surface area contributed by atoms with Crippen molar-refractivity contribution in [3.8, 4) is 11.5 Å². The number of thiophene rings is 1. The molecule has 0 aliphatic carbocycles. The molecule has 2 N–H and O–H groups in total. The van der Waals surface area contributed by atoms with Crippen LogP contribution < -0.4 is 20.2 Å². The zero-order valence-electron chi connectivity index (χ0n) is 15.7. The number of thiocarbonyl (C=S) groups is 1. The van der Waals surface area contributed by atoms with Gasteiger partial charge in [0.25, 0.3) is 0 Å². The Kier molecular flexibility index (Phi) is 7.03. The van der Waals surface area contributed by atoms with Crippen LogP contribution in [0, 0.1) is 0 Å². The van der Waals surface area contributed by atoms with Gasteiger partial charge < -0.3 is 14.8 Å². The maximum absolute atomic E-state index is 12.7. The first-order valence-electron chi connectivity index (χ1n) is 8.67. The predicted octanol–water partition coefficient (Wildman–Crippen LogP) is 4.60. The van der Waals surface area contributed by atoms with Crippen molar-refractivity contribution in [1.29, 1.82) is 0 Å². The highest BCUT2D eigenvalue weighted by atomic mass is 35.5. The van der Waals surface area contributed by atoms with Gasteiger partial charge in [-0.05, 0) is 49.0 Å². The molecule has 0 amide bonds. The Morgan fingerprint density at radius 1 is 1.28 bits per heavy atom. The molecule has 1 heterocycles. The van der Waals surface area contributed by atoms with E-state index in [1.807, 2.05) is 31.2 Å². The molecule has 9 heteroatoms. The molecule has 0 radical (unpaired) electrons. The first-order valence-corrected chi connectivity index (χ1v) is 10.3. The molecule has 3 aromatic rings. The Balaban J connectivity index is 1.76. The van der Waals surface area contributed by atoms with Crippen molar-refractivity contribution in [3.63, 3.8) is 0 Å². The zero-order chi connectivity index (χ0) is 20.8. The van der Waals surface area contributed by atoms with Crippen LogP contribution in [0.1, 0.15) is 22.2 Å². The topological polar surface area (TPSA) is 72.0 Å². The summed E-state index contributed by atoms with van der Waals surface area (Å²) in [6.07, 6.45) is 1.58. The smallest absolute Gasteiger partial charge is 0.355 e.